The van der Waals surface area contributed by atoms with Crippen LogP contribution in [0.1, 0.15) is 28.7 Å². The number of benzene rings is 2. The van der Waals surface area contributed by atoms with E-state index in [1.807, 2.05) is 64.1 Å². The van der Waals surface area contributed by atoms with Crippen LogP contribution in [-0.2, 0) is 9.59 Å². The fourth-order valence-corrected chi connectivity index (χ4v) is 3.13. The monoisotopic (exact) mass is 336 g/mol. The number of aryl methyl sites for hydroxylation is 4. The van der Waals surface area contributed by atoms with E-state index in [0.717, 1.165) is 28.1 Å². The highest BCUT2D eigenvalue weighted by molar-refractivity contribution is 6.03. The molecule has 4 nitrogen and oxygen atoms in total. The minimum atomic E-state index is -0.325. The van der Waals surface area contributed by atoms with Gasteiger partial charge < -0.3 is 10.2 Å². The second-order valence-corrected chi connectivity index (χ2v) is 6.98. The molecule has 0 bridgehead atoms. The second kappa shape index (κ2) is 6.71. The molecule has 1 unspecified atom stereocenters. The Morgan fingerprint density at radius 3 is 2.44 bits per heavy atom. The summed E-state index contributed by atoms with van der Waals surface area (Å²) in [5, 5.41) is 2.99. The largest absolute Gasteiger partial charge is 0.326 e. The zero-order valence-electron chi connectivity index (χ0n) is 15.2. The molecule has 1 aliphatic rings. The zero-order valence-corrected chi connectivity index (χ0v) is 15.2. The van der Waals surface area contributed by atoms with Gasteiger partial charge in [0.15, 0.2) is 0 Å². The smallest absolute Gasteiger partial charge is 0.229 e. The highest BCUT2D eigenvalue weighted by Gasteiger charge is 2.35. The van der Waals surface area contributed by atoms with E-state index in [4.69, 9.17) is 0 Å². The van der Waals surface area contributed by atoms with Crippen molar-refractivity contribution in [3.05, 3.63) is 58.7 Å². The number of rotatable bonds is 3. The number of nitrogens with one attached hydrogen (secondary N) is 1. The van der Waals surface area contributed by atoms with E-state index in [1.54, 1.807) is 4.90 Å². The molecule has 1 aliphatic heterocycles. The summed E-state index contributed by atoms with van der Waals surface area (Å²) in [5.74, 6) is -0.410. The summed E-state index contributed by atoms with van der Waals surface area (Å²) in [4.78, 5) is 26.8. The van der Waals surface area contributed by atoms with E-state index >= 15 is 0 Å². The molecule has 2 aromatic carbocycles. The highest BCUT2D eigenvalue weighted by Crippen LogP contribution is 2.28. The van der Waals surface area contributed by atoms with Gasteiger partial charge in [0, 0.05) is 24.3 Å². The zero-order chi connectivity index (χ0) is 18.1. The summed E-state index contributed by atoms with van der Waals surface area (Å²) in [6.07, 6.45) is 0.254. The predicted molar refractivity (Wildman–Crippen MR) is 101 cm³/mol. The first-order valence-electron chi connectivity index (χ1n) is 8.61. The first kappa shape index (κ1) is 17.2. The standard InChI is InChI=1S/C21H24N2O2/c1-13-5-6-15(3)19(9-13)22-21(25)17-11-20(24)23(12-17)18-8-7-14(2)16(4)10-18/h5-10,17H,11-12H2,1-4H3,(H,22,25). The Kier molecular flexibility index (Phi) is 4.62. The van der Waals surface area contributed by atoms with Crippen molar-refractivity contribution >= 4 is 23.2 Å². The lowest BCUT2D eigenvalue weighted by Gasteiger charge is -2.18. The molecule has 0 saturated carbocycles. The molecule has 0 spiro atoms. The maximum Gasteiger partial charge on any atom is 0.229 e. The van der Waals surface area contributed by atoms with Gasteiger partial charge in [-0.25, -0.2) is 0 Å². The Bertz CT molecular complexity index is 842. The van der Waals surface area contributed by atoms with Crippen LogP contribution in [0.3, 0.4) is 0 Å². The lowest BCUT2D eigenvalue weighted by Crippen LogP contribution is -2.28. The van der Waals surface area contributed by atoms with E-state index < -0.39 is 0 Å². The molecule has 130 valence electrons. The maximum atomic E-state index is 12.6. The topological polar surface area (TPSA) is 49.4 Å². The molecule has 1 fully saturated rings. The number of anilines is 2. The molecule has 1 saturated heterocycles. The molecule has 3 rings (SSSR count). The number of nitrogens with zero attached hydrogens (tertiary/aromatic N) is 1. The highest BCUT2D eigenvalue weighted by atomic mass is 16.2. The minimum Gasteiger partial charge on any atom is -0.326 e. The fourth-order valence-electron chi connectivity index (χ4n) is 3.13. The summed E-state index contributed by atoms with van der Waals surface area (Å²) in [6.45, 7) is 8.47. The predicted octanol–water partition coefficient (Wildman–Crippen LogP) is 3.91. The van der Waals surface area contributed by atoms with E-state index in [0.29, 0.717) is 6.54 Å². The van der Waals surface area contributed by atoms with Crippen LogP contribution in [0, 0.1) is 33.6 Å². The van der Waals surface area contributed by atoms with Crippen molar-refractivity contribution in [2.45, 2.75) is 34.1 Å². The first-order chi connectivity index (χ1) is 11.8. The summed E-state index contributed by atoms with van der Waals surface area (Å²) in [5.41, 5.74) is 6.15. The van der Waals surface area contributed by atoms with Gasteiger partial charge in [-0.15, -0.1) is 0 Å². The second-order valence-electron chi connectivity index (χ2n) is 6.98. The van der Waals surface area contributed by atoms with Gasteiger partial charge in [0.2, 0.25) is 11.8 Å². The third kappa shape index (κ3) is 3.58. The van der Waals surface area contributed by atoms with Crippen LogP contribution in [0.5, 0.6) is 0 Å². The molecule has 1 heterocycles. The van der Waals surface area contributed by atoms with Crippen LogP contribution in [-0.4, -0.2) is 18.4 Å². The van der Waals surface area contributed by atoms with Gasteiger partial charge in [0.1, 0.15) is 0 Å². The van der Waals surface area contributed by atoms with Crippen LogP contribution in [0.4, 0.5) is 11.4 Å². The Balaban J connectivity index is 1.74. The summed E-state index contributed by atoms with van der Waals surface area (Å²) in [7, 11) is 0. The van der Waals surface area contributed by atoms with Crippen LogP contribution in [0.2, 0.25) is 0 Å². The normalized spacial score (nSPS) is 17.0. The van der Waals surface area contributed by atoms with E-state index in [9.17, 15) is 9.59 Å². The van der Waals surface area contributed by atoms with Gasteiger partial charge in [-0.1, -0.05) is 18.2 Å². The van der Waals surface area contributed by atoms with Crippen LogP contribution >= 0.6 is 0 Å². The summed E-state index contributed by atoms with van der Waals surface area (Å²) < 4.78 is 0. The Morgan fingerprint density at radius 1 is 1.00 bits per heavy atom. The van der Waals surface area contributed by atoms with Gasteiger partial charge in [0.05, 0.1) is 5.92 Å². The first-order valence-corrected chi connectivity index (χ1v) is 8.61. The molecule has 1 atom stereocenters. The quantitative estimate of drug-likeness (QED) is 0.924. The van der Waals surface area contributed by atoms with Gasteiger partial charge in [-0.2, -0.15) is 0 Å². The molecule has 4 heteroatoms. The number of carbonyl (C=O) groups is 2. The Hall–Kier alpha value is -2.62. The van der Waals surface area contributed by atoms with Crippen LogP contribution in [0.15, 0.2) is 36.4 Å². The number of carbonyl (C=O) groups excluding carboxylic acids is 2. The molecule has 25 heavy (non-hydrogen) atoms. The van der Waals surface area contributed by atoms with Crippen molar-refractivity contribution in [1.29, 1.82) is 0 Å². The maximum absolute atomic E-state index is 12.6. The molecule has 0 radical (unpaired) electrons. The third-order valence-corrected chi connectivity index (χ3v) is 4.95. The van der Waals surface area contributed by atoms with E-state index in [2.05, 4.69) is 5.32 Å². The van der Waals surface area contributed by atoms with Crippen LogP contribution in [0.25, 0.3) is 0 Å². The van der Waals surface area contributed by atoms with Crippen molar-refractivity contribution < 1.29 is 9.59 Å². The van der Waals surface area contributed by atoms with Gasteiger partial charge >= 0.3 is 0 Å². The van der Waals surface area contributed by atoms with Gasteiger partial charge in [0.25, 0.3) is 0 Å². The SMILES string of the molecule is Cc1ccc(C)c(NC(=O)C2CC(=O)N(c3ccc(C)c(C)c3)C2)c1. The van der Waals surface area contributed by atoms with Crippen molar-refractivity contribution in [2.24, 2.45) is 5.92 Å². The van der Waals surface area contributed by atoms with E-state index in [-0.39, 0.29) is 24.2 Å². The van der Waals surface area contributed by atoms with Crippen molar-refractivity contribution in [3.8, 4) is 0 Å². The average Bonchev–Trinajstić information content (AvgIpc) is 2.95. The summed E-state index contributed by atoms with van der Waals surface area (Å²) in [6, 6.07) is 12.0. The van der Waals surface area contributed by atoms with Crippen molar-refractivity contribution in [3.63, 3.8) is 0 Å². The third-order valence-electron chi connectivity index (χ3n) is 4.95. The molecular weight excluding hydrogens is 312 g/mol. The van der Waals surface area contributed by atoms with Crippen LogP contribution < -0.4 is 10.2 Å². The van der Waals surface area contributed by atoms with Crippen molar-refractivity contribution in [2.75, 3.05) is 16.8 Å². The van der Waals surface area contributed by atoms with Gasteiger partial charge in [-0.05, 0) is 68.1 Å². The van der Waals surface area contributed by atoms with Crippen molar-refractivity contribution in [1.82, 2.24) is 0 Å². The lowest BCUT2D eigenvalue weighted by molar-refractivity contribution is -0.122. The summed E-state index contributed by atoms with van der Waals surface area (Å²) >= 11 is 0. The number of hydrogen-bond donors (Lipinski definition) is 1. The molecule has 0 aliphatic carbocycles. The number of amides is 2. The molecule has 2 amide bonds. The molecule has 1 N–H and O–H groups in total. The minimum absolute atomic E-state index is 0.00404. The molecule has 2 aromatic rings. The molecule has 0 aromatic heterocycles. The average molecular weight is 336 g/mol. The Morgan fingerprint density at radius 2 is 1.72 bits per heavy atom. The van der Waals surface area contributed by atoms with Gasteiger partial charge in [-0.3, -0.25) is 9.59 Å². The molecular formula is C21H24N2O2. The Labute approximate surface area is 148 Å². The number of hydrogen-bond acceptors (Lipinski definition) is 2. The lowest BCUT2D eigenvalue weighted by atomic mass is 10.1. The van der Waals surface area contributed by atoms with E-state index in [1.165, 1.54) is 5.56 Å². The fraction of sp³-hybridized carbons (Fsp3) is 0.333.